The minimum atomic E-state index is -1.97. The van der Waals surface area contributed by atoms with Crippen molar-refractivity contribution in [1.82, 2.24) is 14.8 Å². The molecule has 0 atom stereocenters. The van der Waals surface area contributed by atoms with Crippen LogP contribution in [-0.4, -0.2) is 46.9 Å². The Labute approximate surface area is 162 Å². The van der Waals surface area contributed by atoms with Crippen molar-refractivity contribution in [2.45, 2.75) is 6.54 Å². The van der Waals surface area contributed by atoms with E-state index in [1.165, 1.54) is 4.90 Å². The van der Waals surface area contributed by atoms with E-state index in [1.807, 2.05) is 24.3 Å². The van der Waals surface area contributed by atoms with Gasteiger partial charge >= 0.3 is 0 Å². The Balaban J connectivity index is 1.42. The van der Waals surface area contributed by atoms with E-state index >= 15 is 0 Å². The molecule has 0 bridgehead atoms. The van der Waals surface area contributed by atoms with Crippen molar-refractivity contribution in [3.63, 3.8) is 0 Å². The molecule has 1 fully saturated rings. The normalized spacial score (nSPS) is 15.4. The second-order valence-electron chi connectivity index (χ2n) is 6.49. The second kappa shape index (κ2) is 7.48. The predicted octanol–water partition coefficient (Wildman–Crippen LogP) is 3.81. The van der Waals surface area contributed by atoms with Gasteiger partial charge in [-0.05, 0) is 18.2 Å². The van der Waals surface area contributed by atoms with Gasteiger partial charge in [-0.1, -0.05) is 12.1 Å². The molecule has 1 saturated heterocycles. The average molecular weight is 409 g/mol. The Morgan fingerprint density at radius 3 is 2.43 bits per heavy atom. The summed E-state index contributed by atoms with van der Waals surface area (Å²) in [6, 6.07) is 8.24. The molecule has 0 N–H and O–H groups in total. The number of benzene rings is 2. The van der Waals surface area contributed by atoms with Crippen LogP contribution < -0.4 is 0 Å². The quantitative estimate of drug-likeness (QED) is 0.375. The van der Waals surface area contributed by atoms with E-state index in [9.17, 15) is 22.4 Å². The number of carbonyl (C=O) groups excluding carboxylic acids is 1. The van der Waals surface area contributed by atoms with Crippen LogP contribution >= 0.6 is 11.3 Å². The van der Waals surface area contributed by atoms with Crippen LogP contribution in [0.25, 0.3) is 10.2 Å². The zero-order valence-electron chi connectivity index (χ0n) is 14.6. The topological polar surface area (TPSA) is 36.4 Å². The van der Waals surface area contributed by atoms with Crippen molar-refractivity contribution < 1.29 is 22.4 Å². The zero-order chi connectivity index (χ0) is 19.8. The molecule has 2 aromatic carbocycles. The van der Waals surface area contributed by atoms with Crippen LogP contribution in [0.1, 0.15) is 15.4 Å². The standard InChI is InChI=1S/C19H15F4N3OS/c20-12-9-11(16(21)18(23)17(12)22)19(27)26-7-5-25(6-8-26)10-15-24-13-3-1-2-4-14(13)28-15/h1-4,9H,5-8,10H2. The first-order valence-electron chi connectivity index (χ1n) is 8.63. The van der Waals surface area contributed by atoms with E-state index < -0.39 is 34.7 Å². The molecule has 0 aliphatic carbocycles. The molecule has 1 aromatic heterocycles. The van der Waals surface area contributed by atoms with Gasteiger partial charge in [-0.3, -0.25) is 9.69 Å². The smallest absolute Gasteiger partial charge is 0.257 e. The van der Waals surface area contributed by atoms with Gasteiger partial charge in [0, 0.05) is 26.2 Å². The molecule has 4 rings (SSSR count). The molecule has 1 aliphatic rings. The Hall–Kier alpha value is -2.52. The van der Waals surface area contributed by atoms with Gasteiger partial charge in [-0.25, -0.2) is 22.5 Å². The Morgan fingerprint density at radius 1 is 1.00 bits per heavy atom. The summed E-state index contributed by atoms with van der Waals surface area (Å²) < 4.78 is 54.8. The largest absolute Gasteiger partial charge is 0.336 e. The summed E-state index contributed by atoms with van der Waals surface area (Å²) in [4.78, 5) is 20.4. The average Bonchev–Trinajstić information content (AvgIpc) is 3.11. The third kappa shape index (κ3) is 3.47. The van der Waals surface area contributed by atoms with Gasteiger partial charge in [0.25, 0.3) is 5.91 Å². The van der Waals surface area contributed by atoms with E-state index in [0.29, 0.717) is 25.7 Å². The van der Waals surface area contributed by atoms with Gasteiger partial charge in [-0.15, -0.1) is 11.3 Å². The van der Waals surface area contributed by atoms with E-state index in [0.717, 1.165) is 15.2 Å². The fourth-order valence-corrected chi connectivity index (χ4v) is 4.20. The predicted molar refractivity (Wildman–Crippen MR) is 97.1 cm³/mol. The van der Waals surface area contributed by atoms with Crippen LogP contribution in [0.3, 0.4) is 0 Å². The minimum Gasteiger partial charge on any atom is -0.336 e. The fraction of sp³-hybridized carbons (Fsp3) is 0.263. The number of halogens is 4. The Morgan fingerprint density at radius 2 is 1.71 bits per heavy atom. The molecule has 1 aliphatic heterocycles. The lowest BCUT2D eigenvalue weighted by Crippen LogP contribution is -2.48. The summed E-state index contributed by atoms with van der Waals surface area (Å²) in [5, 5.41) is 0.953. The molecular weight excluding hydrogens is 394 g/mol. The number of rotatable bonds is 3. The number of fused-ring (bicyclic) bond motifs is 1. The van der Waals surface area contributed by atoms with Crippen LogP contribution in [0.2, 0.25) is 0 Å². The molecule has 146 valence electrons. The monoisotopic (exact) mass is 409 g/mol. The maximum atomic E-state index is 13.9. The summed E-state index contributed by atoms with van der Waals surface area (Å²) in [6.45, 7) is 2.17. The van der Waals surface area contributed by atoms with E-state index in [-0.39, 0.29) is 13.1 Å². The lowest BCUT2D eigenvalue weighted by atomic mass is 10.1. The number of amides is 1. The second-order valence-corrected chi connectivity index (χ2v) is 7.61. The molecule has 0 unspecified atom stereocenters. The number of thiazole rings is 1. The zero-order valence-corrected chi connectivity index (χ0v) is 15.4. The van der Waals surface area contributed by atoms with Gasteiger partial charge in [0.15, 0.2) is 23.3 Å². The first kappa shape index (κ1) is 18.8. The number of carbonyl (C=O) groups is 1. The van der Waals surface area contributed by atoms with Crippen molar-refractivity contribution in [3.8, 4) is 0 Å². The number of para-hydroxylation sites is 1. The SMILES string of the molecule is O=C(c1cc(F)c(F)c(F)c1F)N1CCN(Cc2nc3ccccc3s2)CC1. The number of nitrogens with zero attached hydrogens (tertiary/aromatic N) is 3. The number of hydrogen-bond donors (Lipinski definition) is 0. The summed E-state index contributed by atoms with van der Waals surface area (Å²) >= 11 is 1.60. The third-order valence-corrected chi connectivity index (χ3v) is 5.71. The molecule has 9 heteroatoms. The number of aromatic nitrogens is 1. The summed E-state index contributed by atoms with van der Waals surface area (Å²) in [5.74, 6) is -8.00. The van der Waals surface area contributed by atoms with Crippen molar-refractivity contribution in [2.24, 2.45) is 0 Å². The van der Waals surface area contributed by atoms with Crippen molar-refractivity contribution >= 4 is 27.5 Å². The summed E-state index contributed by atoms with van der Waals surface area (Å²) in [6.07, 6.45) is 0. The molecule has 3 aromatic rings. The third-order valence-electron chi connectivity index (χ3n) is 4.69. The lowest BCUT2D eigenvalue weighted by molar-refractivity contribution is 0.0622. The van der Waals surface area contributed by atoms with Crippen molar-refractivity contribution in [2.75, 3.05) is 26.2 Å². The highest BCUT2D eigenvalue weighted by molar-refractivity contribution is 7.18. The minimum absolute atomic E-state index is 0.268. The van der Waals surface area contributed by atoms with Crippen molar-refractivity contribution in [3.05, 3.63) is 64.2 Å². The van der Waals surface area contributed by atoms with Gasteiger partial charge in [0.2, 0.25) is 0 Å². The molecule has 0 saturated carbocycles. The van der Waals surface area contributed by atoms with E-state index in [1.54, 1.807) is 11.3 Å². The van der Waals surface area contributed by atoms with Gasteiger partial charge < -0.3 is 4.90 Å². The number of piperazine rings is 1. The molecule has 1 amide bonds. The highest BCUT2D eigenvalue weighted by atomic mass is 32.1. The molecule has 0 radical (unpaired) electrons. The van der Waals surface area contributed by atoms with Crippen LogP contribution in [0.15, 0.2) is 30.3 Å². The van der Waals surface area contributed by atoms with Crippen LogP contribution in [-0.2, 0) is 6.54 Å². The Kier molecular flexibility index (Phi) is 5.03. The first-order chi connectivity index (χ1) is 13.4. The number of hydrogen-bond acceptors (Lipinski definition) is 4. The van der Waals surface area contributed by atoms with E-state index in [4.69, 9.17) is 0 Å². The highest BCUT2D eigenvalue weighted by Gasteiger charge is 2.28. The highest BCUT2D eigenvalue weighted by Crippen LogP contribution is 2.24. The summed E-state index contributed by atoms with van der Waals surface area (Å²) in [5.41, 5.74) is 0.142. The van der Waals surface area contributed by atoms with E-state index in [2.05, 4.69) is 9.88 Å². The molecular formula is C19H15F4N3OS. The molecule has 0 spiro atoms. The maximum Gasteiger partial charge on any atom is 0.257 e. The molecule has 4 nitrogen and oxygen atoms in total. The maximum absolute atomic E-state index is 13.9. The first-order valence-corrected chi connectivity index (χ1v) is 9.45. The lowest BCUT2D eigenvalue weighted by Gasteiger charge is -2.34. The van der Waals surface area contributed by atoms with Gasteiger partial charge in [0.1, 0.15) is 5.01 Å². The van der Waals surface area contributed by atoms with Crippen molar-refractivity contribution in [1.29, 1.82) is 0 Å². The summed E-state index contributed by atoms with van der Waals surface area (Å²) in [7, 11) is 0. The van der Waals surface area contributed by atoms with Crippen LogP contribution in [0.4, 0.5) is 17.6 Å². The Bertz CT molecular complexity index is 1010. The van der Waals surface area contributed by atoms with Crippen LogP contribution in [0.5, 0.6) is 0 Å². The fourth-order valence-electron chi connectivity index (χ4n) is 3.19. The molecule has 28 heavy (non-hydrogen) atoms. The van der Waals surface area contributed by atoms with Gasteiger partial charge in [0.05, 0.1) is 22.3 Å². The van der Waals surface area contributed by atoms with Gasteiger partial charge in [-0.2, -0.15) is 0 Å². The van der Waals surface area contributed by atoms with Crippen LogP contribution in [0, 0.1) is 23.3 Å². The molecule has 2 heterocycles.